The van der Waals surface area contributed by atoms with Crippen molar-refractivity contribution >= 4 is 17.4 Å². The lowest BCUT2D eigenvalue weighted by atomic mass is 10.2. The van der Waals surface area contributed by atoms with Gasteiger partial charge in [-0.05, 0) is 41.4 Å². The summed E-state index contributed by atoms with van der Waals surface area (Å²) in [6.45, 7) is 2.99. The van der Waals surface area contributed by atoms with Crippen LogP contribution in [0, 0.1) is 6.92 Å². The molecule has 3 N–H and O–H groups in total. The summed E-state index contributed by atoms with van der Waals surface area (Å²) >= 11 is 1.51. The zero-order valence-corrected chi connectivity index (χ0v) is 13.2. The third kappa shape index (κ3) is 5.38. The van der Waals surface area contributed by atoms with Crippen molar-refractivity contribution in [3.8, 4) is 5.75 Å². The van der Waals surface area contributed by atoms with Gasteiger partial charge >= 0.3 is 6.03 Å². The number of carbonyl (C=O) groups excluding carboxylic acids is 1. The number of aryl methyl sites for hydroxylation is 1. The predicted octanol–water partition coefficient (Wildman–Crippen LogP) is 2.47. The van der Waals surface area contributed by atoms with Gasteiger partial charge in [-0.15, -0.1) is 0 Å². The summed E-state index contributed by atoms with van der Waals surface area (Å²) in [5.41, 5.74) is 1.99. The second-order valence-corrected chi connectivity index (χ2v) is 5.65. The molecule has 5 nitrogen and oxygen atoms in total. The highest BCUT2D eigenvalue weighted by molar-refractivity contribution is 7.07. The summed E-state index contributed by atoms with van der Waals surface area (Å²) in [6, 6.07) is 9.26. The third-order valence-corrected chi connectivity index (χ3v) is 3.76. The van der Waals surface area contributed by atoms with E-state index in [1.165, 1.54) is 16.9 Å². The van der Waals surface area contributed by atoms with Crippen LogP contribution in [0.4, 0.5) is 4.79 Å². The van der Waals surface area contributed by atoms with Crippen molar-refractivity contribution < 1.29 is 14.6 Å². The molecule has 0 saturated carbocycles. The Hall–Kier alpha value is -2.05. The summed E-state index contributed by atoms with van der Waals surface area (Å²) < 4.78 is 5.51. The highest BCUT2D eigenvalue weighted by Crippen LogP contribution is 2.14. The van der Waals surface area contributed by atoms with Gasteiger partial charge in [0.05, 0.1) is 12.6 Å². The Balaban J connectivity index is 1.58. The van der Waals surface area contributed by atoms with Crippen LogP contribution < -0.4 is 15.4 Å². The number of amides is 2. The highest BCUT2D eigenvalue weighted by atomic mass is 32.1. The van der Waals surface area contributed by atoms with Crippen LogP contribution in [0.5, 0.6) is 5.75 Å². The molecule has 1 aromatic heterocycles. The molecule has 1 heterocycles. The molecule has 0 saturated heterocycles. The van der Waals surface area contributed by atoms with Gasteiger partial charge in [-0.25, -0.2) is 4.79 Å². The maximum atomic E-state index is 11.6. The van der Waals surface area contributed by atoms with Crippen LogP contribution in [0.3, 0.4) is 0 Å². The molecule has 0 radical (unpaired) electrons. The van der Waals surface area contributed by atoms with E-state index in [2.05, 4.69) is 10.6 Å². The van der Waals surface area contributed by atoms with E-state index in [0.29, 0.717) is 13.2 Å². The van der Waals surface area contributed by atoms with Crippen molar-refractivity contribution in [3.63, 3.8) is 0 Å². The van der Waals surface area contributed by atoms with E-state index < -0.39 is 6.10 Å². The van der Waals surface area contributed by atoms with Crippen LogP contribution >= 0.6 is 11.3 Å². The second-order valence-electron chi connectivity index (χ2n) is 4.87. The Morgan fingerprint density at radius 2 is 2.05 bits per heavy atom. The minimum absolute atomic E-state index is 0.182. The predicted molar refractivity (Wildman–Crippen MR) is 87.4 cm³/mol. The molecule has 0 bridgehead atoms. The normalized spacial score (nSPS) is 11.7. The zero-order valence-electron chi connectivity index (χ0n) is 12.4. The largest absolute Gasteiger partial charge is 0.492 e. The molecule has 22 heavy (non-hydrogen) atoms. The first-order valence-electron chi connectivity index (χ1n) is 7.06. The van der Waals surface area contributed by atoms with Crippen LogP contribution in [-0.2, 0) is 0 Å². The third-order valence-electron chi connectivity index (χ3n) is 3.06. The summed E-state index contributed by atoms with van der Waals surface area (Å²) in [5, 5.41) is 18.9. The number of carbonyl (C=O) groups is 1. The van der Waals surface area contributed by atoms with E-state index in [9.17, 15) is 9.90 Å². The van der Waals surface area contributed by atoms with E-state index >= 15 is 0 Å². The van der Waals surface area contributed by atoms with Gasteiger partial charge in [-0.3, -0.25) is 0 Å². The van der Waals surface area contributed by atoms with E-state index in [1.54, 1.807) is 0 Å². The first kappa shape index (κ1) is 16.3. The molecular formula is C16H20N2O3S. The molecule has 2 amide bonds. The number of aliphatic hydroxyl groups is 1. The van der Waals surface area contributed by atoms with Crippen LogP contribution in [0.25, 0.3) is 0 Å². The fourth-order valence-electron chi connectivity index (χ4n) is 1.80. The monoisotopic (exact) mass is 320 g/mol. The number of nitrogens with one attached hydrogen (secondary N) is 2. The Bertz CT molecular complexity index is 570. The first-order valence-corrected chi connectivity index (χ1v) is 8.01. The number of rotatable bonds is 7. The molecule has 118 valence electrons. The molecule has 0 unspecified atom stereocenters. The highest BCUT2D eigenvalue weighted by Gasteiger charge is 2.09. The van der Waals surface area contributed by atoms with Crippen molar-refractivity contribution in [1.29, 1.82) is 0 Å². The van der Waals surface area contributed by atoms with Crippen molar-refractivity contribution in [3.05, 3.63) is 52.2 Å². The fourth-order valence-corrected chi connectivity index (χ4v) is 2.51. The first-order chi connectivity index (χ1) is 10.6. The molecular weight excluding hydrogens is 300 g/mol. The Labute approximate surface area is 133 Å². The van der Waals surface area contributed by atoms with Gasteiger partial charge in [-0.1, -0.05) is 17.7 Å². The fraction of sp³-hybridized carbons (Fsp3) is 0.312. The molecule has 0 aliphatic carbocycles. The zero-order chi connectivity index (χ0) is 15.8. The molecule has 0 aliphatic rings. The number of hydrogen-bond donors (Lipinski definition) is 3. The van der Waals surface area contributed by atoms with E-state index in [4.69, 9.17) is 4.74 Å². The summed E-state index contributed by atoms with van der Waals surface area (Å²) in [6.07, 6.45) is -0.680. The van der Waals surface area contributed by atoms with Crippen molar-refractivity contribution in [2.24, 2.45) is 0 Å². The minimum Gasteiger partial charge on any atom is -0.492 e. The number of ether oxygens (including phenoxy) is 1. The van der Waals surface area contributed by atoms with E-state index in [1.807, 2.05) is 48.0 Å². The molecule has 0 fully saturated rings. The van der Waals surface area contributed by atoms with Crippen molar-refractivity contribution in [1.82, 2.24) is 10.6 Å². The molecule has 2 aromatic rings. The lowest BCUT2D eigenvalue weighted by Crippen LogP contribution is -2.39. The van der Waals surface area contributed by atoms with Gasteiger partial charge in [0.15, 0.2) is 0 Å². The summed E-state index contributed by atoms with van der Waals surface area (Å²) in [7, 11) is 0. The average molecular weight is 320 g/mol. The maximum Gasteiger partial charge on any atom is 0.315 e. The number of hydrogen-bond acceptors (Lipinski definition) is 4. The van der Waals surface area contributed by atoms with Gasteiger partial charge in [0.2, 0.25) is 0 Å². The van der Waals surface area contributed by atoms with Crippen LogP contribution in [0.2, 0.25) is 0 Å². The lowest BCUT2D eigenvalue weighted by Gasteiger charge is -2.12. The topological polar surface area (TPSA) is 70.6 Å². The molecule has 1 aromatic carbocycles. The second kappa shape index (κ2) is 8.41. The van der Waals surface area contributed by atoms with Crippen molar-refractivity contribution in [2.45, 2.75) is 13.0 Å². The van der Waals surface area contributed by atoms with Gasteiger partial charge in [0.25, 0.3) is 0 Å². The van der Waals surface area contributed by atoms with E-state index in [0.717, 1.165) is 11.3 Å². The molecule has 0 aliphatic heterocycles. The number of aliphatic hydroxyl groups excluding tert-OH is 1. The maximum absolute atomic E-state index is 11.6. The van der Waals surface area contributed by atoms with Crippen LogP contribution in [0.1, 0.15) is 17.2 Å². The smallest absolute Gasteiger partial charge is 0.315 e. The Morgan fingerprint density at radius 3 is 2.73 bits per heavy atom. The number of urea groups is 1. The van der Waals surface area contributed by atoms with Crippen LogP contribution in [-0.4, -0.2) is 30.8 Å². The average Bonchev–Trinajstić information content (AvgIpc) is 3.05. The van der Waals surface area contributed by atoms with Crippen molar-refractivity contribution in [2.75, 3.05) is 19.7 Å². The number of benzene rings is 1. The molecule has 6 heteroatoms. The SMILES string of the molecule is Cc1ccc(OCCNC(=O)NC[C@@H](O)c2ccsc2)cc1. The van der Waals surface area contributed by atoms with Gasteiger partial charge in [0, 0.05) is 6.54 Å². The van der Waals surface area contributed by atoms with Gasteiger partial charge in [0.1, 0.15) is 12.4 Å². The number of thiophene rings is 1. The summed E-state index contributed by atoms with van der Waals surface area (Å²) in [4.78, 5) is 11.6. The van der Waals surface area contributed by atoms with Gasteiger partial charge in [-0.2, -0.15) is 11.3 Å². The van der Waals surface area contributed by atoms with E-state index in [-0.39, 0.29) is 12.6 Å². The Kier molecular flexibility index (Phi) is 6.24. The minimum atomic E-state index is -0.680. The molecule has 0 spiro atoms. The standard InChI is InChI=1S/C16H20N2O3S/c1-12-2-4-14(5-3-12)21-8-7-17-16(20)18-10-15(19)13-6-9-22-11-13/h2-6,9,11,15,19H,7-8,10H2,1H3,(H2,17,18,20)/t15-/m1/s1. The lowest BCUT2D eigenvalue weighted by molar-refractivity contribution is 0.173. The van der Waals surface area contributed by atoms with Gasteiger partial charge < -0.3 is 20.5 Å². The van der Waals surface area contributed by atoms with Crippen LogP contribution in [0.15, 0.2) is 41.1 Å². The Morgan fingerprint density at radius 1 is 1.27 bits per heavy atom. The molecule has 1 atom stereocenters. The quantitative estimate of drug-likeness (QED) is 0.686. The molecule has 2 rings (SSSR count). The summed E-state index contributed by atoms with van der Waals surface area (Å²) in [5.74, 6) is 0.778.